The van der Waals surface area contributed by atoms with E-state index in [1.54, 1.807) is 0 Å². The minimum atomic E-state index is -0.194. The summed E-state index contributed by atoms with van der Waals surface area (Å²) in [6.45, 7) is 2.07. The van der Waals surface area contributed by atoms with Gasteiger partial charge in [0, 0.05) is 18.0 Å². The third kappa shape index (κ3) is 5.30. The van der Waals surface area contributed by atoms with E-state index in [0.717, 1.165) is 30.9 Å². The third-order valence-corrected chi connectivity index (χ3v) is 4.95. The standard InChI is InChI=1S/C24H23ClN2O2/c25-20-12-10-19(11-13-20)17-28-21-8-4-5-9-22(21)29-23(24-26-14-15-27-24)16-18-6-2-1-3-7-18/h1-13,23H,14-17H2,(H,26,27). The van der Waals surface area contributed by atoms with Gasteiger partial charge in [-0.05, 0) is 35.4 Å². The average Bonchev–Trinajstić information content (AvgIpc) is 3.29. The van der Waals surface area contributed by atoms with Crippen LogP contribution in [-0.4, -0.2) is 25.0 Å². The Morgan fingerprint density at radius 2 is 1.59 bits per heavy atom. The largest absolute Gasteiger partial charge is 0.485 e. The van der Waals surface area contributed by atoms with E-state index in [9.17, 15) is 0 Å². The lowest BCUT2D eigenvalue weighted by atomic mass is 10.1. The van der Waals surface area contributed by atoms with Crippen LogP contribution in [0.1, 0.15) is 11.1 Å². The highest BCUT2D eigenvalue weighted by Crippen LogP contribution is 2.29. The molecular formula is C24H23ClN2O2. The Hall–Kier alpha value is -2.98. The van der Waals surface area contributed by atoms with Gasteiger partial charge >= 0.3 is 0 Å². The van der Waals surface area contributed by atoms with Crippen LogP contribution in [0, 0.1) is 0 Å². The van der Waals surface area contributed by atoms with Gasteiger partial charge in [0.15, 0.2) is 17.6 Å². The second-order valence-electron chi connectivity index (χ2n) is 6.85. The number of amidine groups is 1. The van der Waals surface area contributed by atoms with E-state index < -0.39 is 0 Å². The zero-order valence-electron chi connectivity index (χ0n) is 16.1. The molecule has 5 heteroatoms. The van der Waals surface area contributed by atoms with Crippen molar-refractivity contribution in [3.05, 3.63) is 95.0 Å². The summed E-state index contributed by atoms with van der Waals surface area (Å²) in [6.07, 6.45) is 0.540. The Kier molecular flexibility index (Phi) is 6.32. The summed E-state index contributed by atoms with van der Waals surface area (Å²) in [5, 5.41) is 4.07. The highest BCUT2D eigenvalue weighted by Gasteiger charge is 2.22. The minimum absolute atomic E-state index is 0.194. The number of ether oxygens (including phenoxy) is 2. The maximum atomic E-state index is 6.40. The summed E-state index contributed by atoms with van der Waals surface area (Å²) in [5.74, 6) is 2.30. The first-order chi connectivity index (χ1) is 14.3. The van der Waals surface area contributed by atoms with Crippen molar-refractivity contribution < 1.29 is 9.47 Å². The molecule has 1 atom stereocenters. The van der Waals surface area contributed by atoms with Crippen molar-refractivity contribution in [2.45, 2.75) is 19.1 Å². The zero-order chi connectivity index (χ0) is 19.9. The van der Waals surface area contributed by atoms with Gasteiger partial charge in [-0.1, -0.05) is 66.2 Å². The molecule has 1 heterocycles. The molecule has 0 fully saturated rings. The molecule has 1 unspecified atom stereocenters. The van der Waals surface area contributed by atoms with Crippen LogP contribution in [-0.2, 0) is 13.0 Å². The number of hydrogen-bond acceptors (Lipinski definition) is 4. The molecule has 4 nitrogen and oxygen atoms in total. The molecule has 0 radical (unpaired) electrons. The normalized spacial score (nSPS) is 14.0. The fraction of sp³-hybridized carbons (Fsp3) is 0.208. The van der Waals surface area contributed by atoms with E-state index in [0.29, 0.717) is 23.1 Å². The summed E-state index contributed by atoms with van der Waals surface area (Å²) in [6, 6.07) is 25.7. The molecular weight excluding hydrogens is 384 g/mol. The lowest BCUT2D eigenvalue weighted by Gasteiger charge is -2.21. The Bertz CT molecular complexity index is 958. The summed E-state index contributed by atoms with van der Waals surface area (Å²) >= 11 is 5.96. The molecule has 1 N–H and O–H groups in total. The van der Waals surface area contributed by atoms with Crippen molar-refractivity contribution in [2.24, 2.45) is 4.99 Å². The van der Waals surface area contributed by atoms with Gasteiger partial charge < -0.3 is 14.8 Å². The summed E-state index contributed by atoms with van der Waals surface area (Å²) in [5.41, 5.74) is 2.25. The Balaban J connectivity index is 1.50. The molecule has 0 saturated carbocycles. The van der Waals surface area contributed by atoms with Gasteiger partial charge in [0.1, 0.15) is 12.4 Å². The van der Waals surface area contributed by atoms with Gasteiger partial charge in [-0.2, -0.15) is 0 Å². The van der Waals surface area contributed by atoms with Crippen LogP contribution in [0.4, 0.5) is 0 Å². The number of nitrogens with zero attached hydrogens (tertiary/aromatic N) is 1. The van der Waals surface area contributed by atoms with Crippen LogP contribution in [0.25, 0.3) is 0 Å². The van der Waals surface area contributed by atoms with E-state index in [1.165, 1.54) is 5.56 Å². The quantitative estimate of drug-likeness (QED) is 0.578. The van der Waals surface area contributed by atoms with E-state index >= 15 is 0 Å². The van der Waals surface area contributed by atoms with Crippen molar-refractivity contribution in [3.8, 4) is 11.5 Å². The van der Waals surface area contributed by atoms with E-state index in [4.69, 9.17) is 21.1 Å². The lowest BCUT2D eigenvalue weighted by molar-refractivity contribution is 0.233. The molecule has 3 aromatic rings. The first-order valence-corrected chi connectivity index (χ1v) is 10.1. The first-order valence-electron chi connectivity index (χ1n) is 9.73. The maximum Gasteiger partial charge on any atom is 0.162 e. The molecule has 0 saturated heterocycles. The molecule has 0 amide bonds. The minimum Gasteiger partial charge on any atom is -0.485 e. The molecule has 0 aliphatic carbocycles. The van der Waals surface area contributed by atoms with Crippen molar-refractivity contribution in [1.82, 2.24) is 5.32 Å². The predicted octanol–water partition coefficient (Wildman–Crippen LogP) is 4.91. The molecule has 4 rings (SSSR count). The number of nitrogens with one attached hydrogen (secondary N) is 1. The van der Waals surface area contributed by atoms with Crippen molar-refractivity contribution >= 4 is 17.4 Å². The number of rotatable bonds is 8. The third-order valence-electron chi connectivity index (χ3n) is 4.69. The van der Waals surface area contributed by atoms with Crippen LogP contribution in [0.15, 0.2) is 83.9 Å². The van der Waals surface area contributed by atoms with Gasteiger partial charge in [0.2, 0.25) is 0 Å². The van der Waals surface area contributed by atoms with Crippen molar-refractivity contribution in [2.75, 3.05) is 13.1 Å². The SMILES string of the molecule is Clc1ccc(COc2ccccc2OC(Cc2ccccc2)C2=NCCN2)cc1. The van der Waals surface area contributed by atoms with Crippen LogP contribution in [0.5, 0.6) is 11.5 Å². The second kappa shape index (κ2) is 9.48. The van der Waals surface area contributed by atoms with Crippen molar-refractivity contribution in [3.63, 3.8) is 0 Å². The number of aliphatic imine (C=N–C) groups is 1. The number of benzene rings is 3. The van der Waals surface area contributed by atoms with Crippen LogP contribution < -0.4 is 14.8 Å². The number of halogens is 1. The fourth-order valence-corrected chi connectivity index (χ4v) is 3.34. The molecule has 148 valence electrons. The first kappa shape index (κ1) is 19.3. The molecule has 3 aromatic carbocycles. The average molecular weight is 407 g/mol. The summed E-state index contributed by atoms with van der Waals surface area (Å²) in [7, 11) is 0. The summed E-state index contributed by atoms with van der Waals surface area (Å²) in [4.78, 5) is 4.59. The number of hydrogen-bond donors (Lipinski definition) is 1. The summed E-state index contributed by atoms with van der Waals surface area (Å²) < 4.78 is 12.5. The smallest absolute Gasteiger partial charge is 0.162 e. The Labute approximate surface area is 176 Å². The van der Waals surface area contributed by atoms with Gasteiger partial charge in [-0.25, -0.2) is 0 Å². The van der Waals surface area contributed by atoms with Crippen LogP contribution in [0.3, 0.4) is 0 Å². The van der Waals surface area contributed by atoms with Crippen LogP contribution in [0.2, 0.25) is 5.02 Å². The highest BCUT2D eigenvalue weighted by atomic mass is 35.5. The topological polar surface area (TPSA) is 42.9 Å². The van der Waals surface area contributed by atoms with Gasteiger partial charge in [-0.3, -0.25) is 4.99 Å². The van der Waals surface area contributed by atoms with Gasteiger partial charge in [0.25, 0.3) is 0 Å². The van der Waals surface area contributed by atoms with Gasteiger partial charge in [-0.15, -0.1) is 0 Å². The zero-order valence-corrected chi connectivity index (χ0v) is 16.8. The Morgan fingerprint density at radius 3 is 2.31 bits per heavy atom. The second-order valence-corrected chi connectivity index (χ2v) is 7.29. The monoisotopic (exact) mass is 406 g/mol. The van der Waals surface area contributed by atoms with E-state index in [-0.39, 0.29) is 6.10 Å². The van der Waals surface area contributed by atoms with Gasteiger partial charge in [0.05, 0.1) is 6.54 Å². The fourth-order valence-electron chi connectivity index (χ4n) is 3.22. The molecule has 1 aliphatic rings. The molecule has 0 spiro atoms. The molecule has 29 heavy (non-hydrogen) atoms. The maximum absolute atomic E-state index is 6.40. The molecule has 1 aliphatic heterocycles. The molecule has 0 bridgehead atoms. The number of para-hydroxylation sites is 2. The van der Waals surface area contributed by atoms with E-state index in [2.05, 4.69) is 22.4 Å². The van der Waals surface area contributed by atoms with Crippen molar-refractivity contribution in [1.29, 1.82) is 0 Å². The lowest BCUT2D eigenvalue weighted by Crippen LogP contribution is -2.37. The highest BCUT2D eigenvalue weighted by molar-refractivity contribution is 6.30. The molecule has 0 aromatic heterocycles. The Morgan fingerprint density at radius 1 is 0.862 bits per heavy atom. The predicted molar refractivity (Wildman–Crippen MR) is 117 cm³/mol. The van der Waals surface area contributed by atoms with Crippen LogP contribution >= 0.6 is 11.6 Å². The van der Waals surface area contributed by atoms with E-state index in [1.807, 2.05) is 66.7 Å².